The normalized spacial score (nSPS) is 22.5. The van der Waals surface area contributed by atoms with Crippen molar-refractivity contribution in [2.75, 3.05) is 25.1 Å². The first-order valence-corrected chi connectivity index (χ1v) is 6.81. The molecular formula is C15H22N2O2. The number of hydrogen-bond donors (Lipinski definition) is 2. The molecule has 1 fully saturated rings. The number of amides is 1. The number of carbonyl (C=O) groups excluding carboxylic acids is 1. The zero-order chi connectivity index (χ0) is 13.8. The maximum Gasteiger partial charge on any atom is 0.231 e. The van der Waals surface area contributed by atoms with Gasteiger partial charge in [-0.3, -0.25) is 4.79 Å². The molecule has 2 atom stereocenters. The predicted molar refractivity (Wildman–Crippen MR) is 76.3 cm³/mol. The number of likely N-dealkylation sites (N-methyl/N-ethyl adjacent to an activating group) is 1. The molecule has 1 aromatic carbocycles. The fourth-order valence-electron chi connectivity index (χ4n) is 2.37. The van der Waals surface area contributed by atoms with E-state index in [1.807, 2.05) is 39.0 Å². The van der Waals surface area contributed by atoms with E-state index in [1.54, 1.807) is 0 Å². The monoisotopic (exact) mass is 262 g/mol. The molecule has 1 aromatic rings. The van der Waals surface area contributed by atoms with Crippen LogP contribution in [0, 0.1) is 19.8 Å². The summed E-state index contributed by atoms with van der Waals surface area (Å²) in [6.45, 7) is 8.02. The number of ether oxygens (including phenoxy) is 1. The minimum Gasteiger partial charge on any atom is -0.379 e. The van der Waals surface area contributed by atoms with Gasteiger partial charge in [-0.15, -0.1) is 0 Å². The zero-order valence-electron chi connectivity index (χ0n) is 11.8. The van der Waals surface area contributed by atoms with E-state index < -0.39 is 0 Å². The summed E-state index contributed by atoms with van der Waals surface area (Å²) in [5.74, 6) is -0.0722. The van der Waals surface area contributed by atoms with Crippen LogP contribution in [0.15, 0.2) is 18.2 Å². The van der Waals surface area contributed by atoms with Crippen molar-refractivity contribution in [2.24, 2.45) is 5.92 Å². The lowest BCUT2D eigenvalue weighted by Gasteiger charge is -2.18. The summed E-state index contributed by atoms with van der Waals surface area (Å²) < 4.78 is 5.41. The maximum absolute atomic E-state index is 12.3. The number of carbonyl (C=O) groups is 1. The molecule has 0 aliphatic carbocycles. The van der Waals surface area contributed by atoms with Gasteiger partial charge in [0.25, 0.3) is 0 Å². The lowest BCUT2D eigenvalue weighted by atomic mass is 10.0. The molecule has 0 aromatic heterocycles. The van der Waals surface area contributed by atoms with Crippen LogP contribution in [0.5, 0.6) is 0 Å². The summed E-state index contributed by atoms with van der Waals surface area (Å²) in [7, 11) is 0. The summed E-state index contributed by atoms with van der Waals surface area (Å²) in [4.78, 5) is 12.3. The first-order valence-electron chi connectivity index (χ1n) is 6.81. The maximum atomic E-state index is 12.3. The van der Waals surface area contributed by atoms with Gasteiger partial charge >= 0.3 is 0 Å². The molecular weight excluding hydrogens is 240 g/mol. The Morgan fingerprint density at radius 3 is 2.89 bits per heavy atom. The molecule has 0 saturated carbocycles. The quantitative estimate of drug-likeness (QED) is 0.871. The van der Waals surface area contributed by atoms with Gasteiger partial charge in [0.15, 0.2) is 0 Å². The third kappa shape index (κ3) is 3.33. The van der Waals surface area contributed by atoms with Gasteiger partial charge in [-0.1, -0.05) is 19.1 Å². The highest BCUT2D eigenvalue weighted by Gasteiger charge is 2.33. The minimum atomic E-state index is -0.111. The van der Waals surface area contributed by atoms with Gasteiger partial charge in [0.2, 0.25) is 5.91 Å². The van der Waals surface area contributed by atoms with E-state index in [9.17, 15) is 4.79 Å². The van der Waals surface area contributed by atoms with Crippen LogP contribution in [-0.4, -0.2) is 31.7 Å². The van der Waals surface area contributed by atoms with Crippen LogP contribution in [0.1, 0.15) is 18.1 Å². The van der Waals surface area contributed by atoms with Crippen molar-refractivity contribution < 1.29 is 9.53 Å². The van der Waals surface area contributed by atoms with Crippen LogP contribution in [-0.2, 0) is 9.53 Å². The highest BCUT2D eigenvalue weighted by atomic mass is 16.5. The summed E-state index contributed by atoms with van der Waals surface area (Å²) >= 11 is 0. The molecule has 1 heterocycles. The molecule has 0 bridgehead atoms. The molecule has 4 nitrogen and oxygen atoms in total. The minimum absolute atomic E-state index is 0.0390. The molecule has 1 aliphatic heterocycles. The first kappa shape index (κ1) is 14.0. The highest BCUT2D eigenvalue weighted by molar-refractivity contribution is 5.94. The fraction of sp³-hybridized carbons (Fsp3) is 0.533. The molecule has 19 heavy (non-hydrogen) atoms. The molecule has 104 valence electrons. The number of nitrogens with one attached hydrogen (secondary N) is 2. The van der Waals surface area contributed by atoms with Crippen LogP contribution in [0.4, 0.5) is 5.69 Å². The Bertz CT molecular complexity index is 459. The van der Waals surface area contributed by atoms with Crippen molar-refractivity contribution in [3.05, 3.63) is 29.3 Å². The van der Waals surface area contributed by atoms with Gasteiger partial charge in [0.1, 0.15) is 0 Å². The second-order valence-corrected chi connectivity index (χ2v) is 5.12. The largest absolute Gasteiger partial charge is 0.379 e. The molecule has 2 rings (SSSR count). The van der Waals surface area contributed by atoms with Gasteiger partial charge in [0, 0.05) is 11.7 Å². The zero-order valence-corrected chi connectivity index (χ0v) is 11.8. The highest BCUT2D eigenvalue weighted by Crippen LogP contribution is 2.20. The van der Waals surface area contributed by atoms with Crippen LogP contribution >= 0.6 is 0 Å². The van der Waals surface area contributed by atoms with Crippen molar-refractivity contribution in [1.82, 2.24) is 5.32 Å². The number of benzene rings is 1. The van der Waals surface area contributed by atoms with E-state index in [1.165, 1.54) is 0 Å². The number of anilines is 1. The second-order valence-electron chi connectivity index (χ2n) is 5.12. The van der Waals surface area contributed by atoms with E-state index in [-0.39, 0.29) is 17.9 Å². The number of hydrogen-bond acceptors (Lipinski definition) is 3. The molecule has 0 radical (unpaired) electrons. The summed E-state index contributed by atoms with van der Waals surface area (Å²) in [5.41, 5.74) is 3.12. The van der Waals surface area contributed by atoms with Crippen molar-refractivity contribution >= 4 is 11.6 Å². The average molecular weight is 262 g/mol. The van der Waals surface area contributed by atoms with Gasteiger partial charge in [0.05, 0.1) is 19.1 Å². The van der Waals surface area contributed by atoms with E-state index in [0.29, 0.717) is 13.2 Å². The topological polar surface area (TPSA) is 50.4 Å². The third-order valence-electron chi connectivity index (χ3n) is 3.53. The molecule has 1 amide bonds. The predicted octanol–water partition coefficient (Wildman–Crippen LogP) is 1.87. The van der Waals surface area contributed by atoms with E-state index >= 15 is 0 Å². The Labute approximate surface area is 114 Å². The Balaban J connectivity index is 2.06. The fourth-order valence-corrected chi connectivity index (χ4v) is 2.37. The molecule has 2 unspecified atom stereocenters. The van der Waals surface area contributed by atoms with Crippen LogP contribution in [0.2, 0.25) is 0 Å². The average Bonchev–Trinajstić information content (AvgIpc) is 2.82. The second kappa shape index (κ2) is 6.17. The Kier molecular flexibility index (Phi) is 4.56. The van der Waals surface area contributed by atoms with E-state index in [0.717, 1.165) is 23.4 Å². The molecule has 2 N–H and O–H groups in total. The van der Waals surface area contributed by atoms with Crippen molar-refractivity contribution in [1.29, 1.82) is 0 Å². The Hall–Kier alpha value is -1.39. The van der Waals surface area contributed by atoms with Gasteiger partial charge in [-0.2, -0.15) is 0 Å². The molecule has 1 aliphatic rings. The Morgan fingerprint density at radius 1 is 1.37 bits per heavy atom. The van der Waals surface area contributed by atoms with Crippen molar-refractivity contribution in [3.8, 4) is 0 Å². The van der Waals surface area contributed by atoms with Crippen LogP contribution in [0.25, 0.3) is 0 Å². The molecule has 1 saturated heterocycles. The smallest absolute Gasteiger partial charge is 0.231 e. The number of aryl methyl sites for hydroxylation is 2. The van der Waals surface area contributed by atoms with E-state index in [4.69, 9.17) is 4.74 Å². The van der Waals surface area contributed by atoms with Crippen LogP contribution < -0.4 is 10.6 Å². The summed E-state index contributed by atoms with van der Waals surface area (Å²) in [5, 5.41) is 6.32. The summed E-state index contributed by atoms with van der Waals surface area (Å²) in [6.07, 6.45) is 0. The van der Waals surface area contributed by atoms with Crippen molar-refractivity contribution in [3.63, 3.8) is 0 Å². The third-order valence-corrected chi connectivity index (χ3v) is 3.53. The van der Waals surface area contributed by atoms with Gasteiger partial charge in [-0.25, -0.2) is 0 Å². The van der Waals surface area contributed by atoms with Gasteiger partial charge in [-0.05, 0) is 37.6 Å². The lowest BCUT2D eigenvalue weighted by Crippen LogP contribution is -2.41. The standard InChI is InChI=1S/C15H22N2O2/c1-4-16-14-9-19-8-12(14)15(18)17-13-7-10(2)5-6-11(13)3/h5-7,12,14,16H,4,8-9H2,1-3H3,(H,17,18). The number of rotatable bonds is 4. The summed E-state index contributed by atoms with van der Waals surface area (Å²) in [6, 6.07) is 6.20. The van der Waals surface area contributed by atoms with E-state index in [2.05, 4.69) is 10.6 Å². The molecule has 0 spiro atoms. The van der Waals surface area contributed by atoms with Crippen molar-refractivity contribution in [2.45, 2.75) is 26.8 Å². The first-order chi connectivity index (χ1) is 9.11. The van der Waals surface area contributed by atoms with Crippen LogP contribution in [0.3, 0.4) is 0 Å². The van der Waals surface area contributed by atoms with Gasteiger partial charge < -0.3 is 15.4 Å². The Morgan fingerprint density at radius 2 is 2.16 bits per heavy atom. The lowest BCUT2D eigenvalue weighted by molar-refractivity contribution is -0.120. The molecule has 4 heteroatoms. The SMILES string of the molecule is CCNC1COCC1C(=O)Nc1cc(C)ccc1C.